The number of piperazine rings is 1. The number of halogens is 1. The fraction of sp³-hybridized carbons (Fsp3) is 0.350. The highest BCUT2D eigenvalue weighted by molar-refractivity contribution is 5.52. The quantitative estimate of drug-likeness (QED) is 0.773. The van der Waals surface area contributed by atoms with Crippen molar-refractivity contribution < 1.29 is 4.39 Å². The third kappa shape index (κ3) is 3.65. The zero-order chi connectivity index (χ0) is 16.9. The summed E-state index contributed by atoms with van der Waals surface area (Å²) in [6.45, 7) is 10.3. The average molecular weight is 325 g/mol. The Balaban J connectivity index is 1.63. The molecule has 4 heteroatoms. The van der Waals surface area contributed by atoms with Gasteiger partial charge in [-0.25, -0.2) is 4.39 Å². The van der Waals surface area contributed by atoms with Crippen LogP contribution in [-0.2, 0) is 13.0 Å². The Morgan fingerprint density at radius 2 is 1.83 bits per heavy atom. The maximum absolute atomic E-state index is 13.8. The van der Waals surface area contributed by atoms with Crippen molar-refractivity contribution in [2.45, 2.75) is 19.9 Å². The largest absolute Gasteiger partial charge is 0.369 e. The zero-order valence-electron chi connectivity index (χ0n) is 14.2. The number of aliphatic imine (C=N–C) groups is 1. The van der Waals surface area contributed by atoms with Crippen LogP contribution >= 0.6 is 0 Å². The van der Waals surface area contributed by atoms with Gasteiger partial charge in [-0.3, -0.25) is 9.89 Å². The van der Waals surface area contributed by atoms with Crippen molar-refractivity contribution in [1.29, 1.82) is 0 Å². The molecule has 1 aliphatic heterocycles. The Morgan fingerprint density at radius 3 is 2.54 bits per heavy atom. The van der Waals surface area contributed by atoms with Crippen LogP contribution in [0, 0.1) is 5.82 Å². The number of hydrogen-bond donors (Lipinski definition) is 0. The van der Waals surface area contributed by atoms with Crippen molar-refractivity contribution in [3.63, 3.8) is 0 Å². The van der Waals surface area contributed by atoms with Crippen LogP contribution in [0.15, 0.2) is 47.5 Å². The smallest absolute Gasteiger partial charge is 0.149 e. The van der Waals surface area contributed by atoms with Crippen molar-refractivity contribution in [2.75, 3.05) is 31.1 Å². The van der Waals surface area contributed by atoms with Gasteiger partial charge < -0.3 is 4.90 Å². The molecular weight excluding hydrogens is 301 g/mol. The van der Waals surface area contributed by atoms with E-state index in [0.29, 0.717) is 5.69 Å². The molecule has 2 aromatic carbocycles. The van der Waals surface area contributed by atoms with Gasteiger partial charge in [-0.1, -0.05) is 31.2 Å². The van der Waals surface area contributed by atoms with Crippen LogP contribution < -0.4 is 4.90 Å². The molecule has 0 spiro atoms. The molecule has 126 valence electrons. The molecule has 1 heterocycles. The van der Waals surface area contributed by atoms with Crippen LogP contribution in [0.2, 0.25) is 0 Å². The van der Waals surface area contributed by atoms with E-state index in [-0.39, 0.29) is 5.82 Å². The lowest BCUT2D eigenvalue weighted by atomic mass is 10.1. The van der Waals surface area contributed by atoms with E-state index < -0.39 is 0 Å². The molecule has 0 aliphatic carbocycles. The minimum atomic E-state index is -0.294. The first-order valence-electron chi connectivity index (χ1n) is 8.51. The van der Waals surface area contributed by atoms with E-state index in [4.69, 9.17) is 0 Å². The summed E-state index contributed by atoms with van der Waals surface area (Å²) in [6, 6.07) is 13.9. The lowest BCUT2D eigenvalue weighted by molar-refractivity contribution is 0.250. The van der Waals surface area contributed by atoms with Crippen molar-refractivity contribution in [2.24, 2.45) is 4.99 Å². The summed E-state index contributed by atoms with van der Waals surface area (Å²) in [5.74, 6) is -0.294. The second-order valence-corrected chi connectivity index (χ2v) is 6.19. The van der Waals surface area contributed by atoms with Crippen LogP contribution in [0.25, 0.3) is 0 Å². The van der Waals surface area contributed by atoms with Crippen LogP contribution in [0.4, 0.5) is 15.8 Å². The average Bonchev–Trinajstić information content (AvgIpc) is 2.63. The zero-order valence-corrected chi connectivity index (χ0v) is 14.2. The highest BCUT2D eigenvalue weighted by atomic mass is 19.1. The molecule has 0 saturated carbocycles. The molecule has 0 radical (unpaired) electrons. The molecule has 0 bridgehead atoms. The van der Waals surface area contributed by atoms with Crippen molar-refractivity contribution in [3.8, 4) is 0 Å². The second kappa shape index (κ2) is 7.58. The molecule has 3 rings (SSSR count). The molecule has 3 nitrogen and oxygen atoms in total. The van der Waals surface area contributed by atoms with Crippen LogP contribution in [0.1, 0.15) is 18.1 Å². The number of anilines is 1. The summed E-state index contributed by atoms with van der Waals surface area (Å²) >= 11 is 0. The van der Waals surface area contributed by atoms with Crippen molar-refractivity contribution >= 4 is 18.1 Å². The maximum atomic E-state index is 13.8. The van der Waals surface area contributed by atoms with Gasteiger partial charge in [-0.2, -0.15) is 0 Å². The van der Waals surface area contributed by atoms with Crippen molar-refractivity contribution in [1.82, 2.24) is 4.90 Å². The van der Waals surface area contributed by atoms with Gasteiger partial charge in [0.2, 0.25) is 0 Å². The molecule has 24 heavy (non-hydrogen) atoms. The maximum Gasteiger partial charge on any atom is 0.149 e. The van der Waals surface area contributed by atoms with Crippen molar-refractivity contribution in [3.05, 3.63) is 59.4 Å². The van der Waals surface area contributed by atoms with E-state index in [9.17, 15) is 4.39 Å². The number of hydrogen-bond acceptors (Lipinski definition) is 3. The highest BCUT2D eigenvalue weighted by Crippen LogP contribution is 2.25. The number of benzene rings is 2. The number of rotatable bonds is 5. The third-order valence-corrected chi connectivity index (χ3v) is 4.68. The van der Waals surface area contributed by atoms with Gasteiger partial charge >= 0.3 is 0 Å². The Kier molecular flexibility index (Phi) is 5.26. The van der Waals surface area contributed by atoms with E-state index in [1.807, 2.05) is 6.07 Å². The summed E-state index contributed by atoms with van der Waals surface area (Å²) in [4.78, 5) is 8.63. The number of nitrogens with zero attached hydrogens (tertiary/aromatic N) is 3. The monoisotopic (exact) mass is 325 g/mol. The van der Waals surface area contributed by atoms with Crippen LogP contribution in [-0.4, -0.2) is 37.8 Å². The Morgan fingerprint density at radius 1 is 1.08 bits per heavy atom. The van der Waals surface area contributed by atoms with Gasteiger partial charge in [-0.05, 0) is 42.5 Å². The topological polar surface area (TPSA) is 18.8 Å². The fourth-order valence-corrected chi connectivity index (χ4v) is 3.24. The summed E-state index contributed by atoms with van der Waals surface area (Å²) in [5.41, 5.74) is 3.96. The minimum Gasteiger partial charge on any atom is -0.369 e. The first-order chi connectivity index (χ1) is 11.7. The lowest BCUT2D eigenvalue weighted by Crippen LogP contribution is -2.46. The normalized spacial score (nSPS) is 15.5. The Bertz CT molecular complexity index is 706. The molecule has 0 unspecified atom stereocenters. The van der Waals surface area contributed by atoms with Crippen LogP contribution in [0.5, 0.6) is 0 Å². The standard InChI is InChI=1S/C20H24FN3/c1-3-16-6-4-8-18(14-16)24-12-10-23(11-13-24)15-17-7-5-9-19(21)20(17)22-2/h4-9,14H,2-3,10-13,15H2,1H3. The van der Waals surface area contributed by atoms with E-state index in [1.165, 1.54) is 17.3 Å². The Hall–Kier alpha value is -2.20. The molecule has 1 aliphatic rings. The molecule has 0 N–H and O–H groups in total. The number of para-hydroxylation sites is 1. The number of aryl methyl sites for hydroxylation is 1. The SMILES string of the molecule is C=Nc1c(F)cccc1CN1CCN(c2cccc(CC)c2)CC1. The molecular formula is C20H24FN3. The van der Waals surface area contributed by atoms with E-state index in [1.54, 1.807) is 6.07 Å². The summed E-state index contributed by atoms with van der Waals surface area (Å²) < 4.78 is 13.8. The van der Waals surface area contributed by atoms with E-state index in [0.717, 1.165) is 44.7 Å². The fourth-order valence-electron chi connectivity index (χ4n) is 3.24. The first-order valence-corrected chi connectivity index (χ1v) is 8.51. The van der Waals surface area contributed by atoms with Gasteiger partial charge in [0.1, 0.15) is 11.5 Å². The van der Waals surface area contributed by atoms with Crippen LogP contribution in [0.3, 0.4) is 0 Å². The third-order valence-electron chi connectivity index (χ3n) is 4.68. The predicted octanol–water partition coefficient (Wildman–Crippen LogP) is 4.04. The Labute approximate surface area is 143 Å². The molecule has 2 aromatic rings. The molecule has 0 amide bonds. The van der Waals surface area contributed by atoms with Gasteiger partial charge in [-0.15, -0.1) is 0 Å². The molecule has 0 aromatic heterocycles. The molecule has 0 atom stereocenters. The van der Waals surface area contributed by atoms with Gasteiger partial charge in [0, 0.05) is 38.4 Å². The summed E-state index contributed by atoms with van der Waals surface area (Å²) in [5, 5.41) is 0. The van der Waals surface area contributed by atoms with Gasteiger partial charge in [0.15, 0.2) is 0 Å². The second-order valence-electron chi connectivity index (χ2n) is 6.19. The van der Waals surface area contributed by atoms with E-state index in [2.05, 4.69) is 52.7 Å². The summed E-state index contributed by atoms with van der Waals surface area (Å²) in [7, 11) is 0. The lowest BCUT2D eigenvalue weighted by Gasteiger charge is -2.36. The van der Waals surface area contributed by atoms with E-state index >= 15 is 0 Å². The molecule has 1 saturated heterocycles. The highest BCUT2D eigenvalue weighted by Gasteiger charge is 2.19. The van der Waals surface area contributed by atoms with Gasteiger partial charge in [0.05, 0.1) is 0 Å². The summed E-state index contributed by atoms with van der Waals surface area (Å²) in [6.07, 6.45) is 1.06. The minimum absolute atomic E-state index is 0.294. The predicted molar refractivity (Wildman–Crippen MR) is 98.9 cm³/mol. The molecule has 1 fully saturated rings. The first kappa shape index (κ1) is 16.7. The van der Waals surface area contributed by atoms with Gasteiger partial charge in [0.25, 0.3) is 0 Å².